The maximum absolute atomic E-state index is 6.57. The van der Waals surface area contributed by atoms with Crippen LogP contribution in [0.3, 0.4) is 0 Å². The lowest BCUT2D eigenvalue weighted by Gasteiger charge is -2.54. The number of ether oxygens (including phenoxy) is 1. The Morgan fingerprint density at radius 1 is 0.941 bits per heavy atom. The van der Waals surface area contributed by atoms with Gasteiger partial charge >= 0.3 is 0 Å². The molecule has 1 saturated carbocycles. The molecular weight excluding hydrogens is 212 g/mol. The monoisotopic (exact) mass is 240 g/mol. The molecule has 2 bridgehead atoms. The van der Waals surface area contributed by atoms with E-state index >= 15 is 0 Å². The summed E-state index contributed by atoms with van der Waals surface area (Å²) in [6, 6.07) is 0.514. The van der Waals surface area contributed by atoms with E-state index < -0.39 is 0 Å². The number of rotatable bonds is 0. The molecule has 0 aromatic carbocycles. The predicted molar refractivity (Wildman–Crippen MR) is 70.5 cm³/mol. The van der Waals surface area contributed by atoms with Crippen LogP contribution in [0.1, 0.15) is 40.5 Å². The first-order valence-corrected chi connectivity index (χ1v) is 6.87. The van der Waals surface area contributed by atoms with Crippen LogP contribution in [0.15, 0.2) is 0 Å². The van der Waals surface area contributed by atoms with Crippen LogP contribution in [0.4, 0.5) is 0 Å². The third-order valence-electron chi connectivity index (χ3n) is 5.26. The SMILES string of the molecule is CC1CC2(C)COCC(C)(CC(C)C1N)C2N. The zero-order chi connectivity index (χ0) is 12.8. The van der Waals surface area contributed by atoms with E-state index in [-0.39, 0.29) is 16.9 Å². The van der Waals surface area contributed by atoms with Crippen molar-refractivity contribution in [3.63, 3.8) is 0 Å². The molecule has 3 heteroatoms. The van der Waals surface area contributed by atoms with Gasteiger partial charge in [-0.05, 0) is 24.7 Å². The van der Waals surface area contributed by atoms with Gasteiger partial charge < -0.3 is 16.2 Å². The van der Waals surface area contributed by atoms with Crippen molar-refractivity contribution in [3.05, 3.63) is 0 Å². The minimum Gasteiger partial charge on any atom is -0.380 e. The van der Waals surface area contributed by atoms with Crippen molar-refractivity contribution < 1.29 is 4.74 Å². The van der Waals surface area contributed by atoms with E-state index in [9.17, 15) is 0 Å². The summed E-state index contributed by atoms with van der Waals surface area (Å²) in [5, 5.41) is 0. The third-order valence-corrected chi connectivity index (χ3v) is 5.26. The summed E-state index contributed by atoms with van der Waals surface area (Å²) in [6.45, 7) is 10.6. The second-order valence-corrected chi connectivity index (χ2v) is 7.22. The first kappa shape index (κ1) is 13.3. The molecule has 4 atom stereocenters. The lowest BCUT2D eigenvalue weighted by molar-refractivity contribution is -0.120. The average molecular weight is 240 g/mol. The fraction of sp³-hybridized carbons (Fsp3) is 1.00. The van der Waals surface area contributed by atoms with E-state index in [0.29, 0.717) is 17.9 Å². The average Bonchev–Trinajstić information content (AvgIpc) is 2.24. The molecular formula is C14H28N2O. The maximum Gasteiger partial charge on any atom is 0.0535 e. The summed E-state index contributed by atoms with van der Waals surface area (Å²) in [5.74, 6) is 1.04. The first-order chi connectivity index (χ1) is 7.78. The van der Waals surface area contributed by atoms with Crippen molar-refractivity contribution in [1.82, 2.24) is 0 Å². The van der Waals surface area contributed by atoms with Gasteiger partial charge in [-0.15, -0.1) is 0 Å². The molecule has 17 heavy (non-hydrogen) atoms. The Kier molecular flexibility index (Phi) is 3.30. The molecule has 0 amide bonds. The highest BCUT2D eigenvalue weighted by molar-refractivity contribution is 5.04. The van der Waals surface area contributed by atoms with Crippen molar-refractivity contribution in [2.75, 3.05) is 13.2 Å². The molecule has 1 heterocycles. The van der Waals surface area contributed by atoms with Crippen LogP contribution in [-0.2, 0) is 4.74 Å². The Bertz CT molecular complexity index is 270. The largest absolute Gasteiger partial charge is 0.380 e. The molecule has 1 aliphatic heterocycles. The van der Waals surface area contributed by atoms with E-state index in [4.69, 9.17) is 16.2 Å². The number of nitrogens with two attached hydrogens (primary N) is 2. The molecule has 0 radical (unpaired) electrons. The summed E-state index contributed by atoms with van der Waals surface area (Å²) in [7, 11) is 0. The standard InChI is InChI=1S/C14H28N2O/c1-9-5-13(3)7-17-8-14(4,12(13)16)6-10(2)11(9)15/h9-12H,5-8,15-16H2,1-4H3. The molecule has 0 aromatic heterocycles. The molecule has 2 fully saturated rings. The molecule has 1 saturated heterocycles. The van der Waals surface area contributed by atoms with E-state index in [1.165, 1.54) is 0 Å². The Hall–Kier alpha value is -0.120. The summed E-state index contributed by atoms with van der Waals surface area (Å²) in [6.07, 6.45) is 2.16. The Morgan fingerprint density at radius 2 is 1.35 bits per heavy atom. The van der Waals surface area contributed by atoms with Gasteiger partial charge in [-0.3, -0.25) is 0 Å². The van der Waals surface area contributed by atoms with E-state index in [1.807, 2.05) is 0 Å². The normalized spacial score (nSPS) is 56.1. The van der Waals surface area contributed by atoms with E-state index in [1.54, 1.807) is 0 Å². The first-order valence-electron chi connectivity index (χ1n) is 6.87. The van der Waals surface area contributed by atoms with Gasteiger partial charge in [0, 0.05) is 22.9 Å². The fourth-order valence-corrected chi connectivity index (χ4v) is 4.21. The molecule has 4 unspecified atom stereocenters. The van der Waals surface area contributed by atoms with Gasteiger partial charge in [-0.2, -0.15) is 0 Å². The van der Waals surface area contributed by atoms with Crippen LogP contribution in [0.2, 0.25) is 0 Å². The topological polar surface area (TPSA) is 61.3 Å². The molecule has 0 spiro atoms. The number of fused-ring (bicyclic) bond motifs is 2. The highest BCUT2D eigenvalue weighted by atomic mass is 16.5. The molecule has 2 rings (SSSR count). The summed E-state index contributed by atoms with van der Waals surface area (Å²) < 4.78 is 5.86. The number of hydrogen-bond donors (Lipinski definition) is 2. The Morgan fingerprint density at radius 3 is 1.76 bits per heavy atom. The van der Waals surface area contributed by atoms with Crippen LogP contribution in [0, 0.1) is 22.7 Å². The van der Waals surface area contributed by atoms with Crippen molar-refractivity contribution in [3.8, 4) is 0 Å². The van der Waals surface area contributed by atoms with Crippen LogP contribution in [-0.4, -0.2) is 25.3 Å². The van der Waals surface area contributed by atoms with Gasteiger partial charge in [0.2, 0.25) is 0 Å². The van der Waals surface area contributed by atoms with Crippen LogP contribution in [0.5, 0.6) is 0 Å². The molecule has 100 valence electrons. The van der Waals surface area contributed by atoms with Crippen molar-refractivity contribution in [2.24, 2.45) is 34.1 Å². The minimum absolute atomic E-state index is 0.0875. The quantitative estimate of drug-likeness (QED) is 0.678. The Balaban J connectivity index is 2.33. The van der Waals surface area contributed by atoms with Crippen LogP contribution < -0.4 is 11.5 Å². The highest BCUT2D eigenvalue weighted by Crippen LogP contribution is 2.48. The van der Waals surface area contributed by atoms with Crippen LogP contribution >= 0.6 is 0 Å². The molecule has 3 nitrogen and oxygen atoms in total. The van der Waals surface area contributed by atoms with Gasteiger partial charge in [0.15, 0.2) is 0 Å². The molecule has 2 aliphatic rings. The minimum atomic E-state index is 0.0875. The second kappa shape index (κ2) is 4.22. The van der Waals surface area contributed by atoms with E-state index in [0.717, 1.165) is 26.1 Å². The maximum atomic E-state index is 6.57. The van der Waals surface area contributed by atoms with Gasteiger partial charge in [-0.25, -0.2) is 0 Å². The summed E-state index contributed by atoms with van der Waals surface area (Å²) in [4.78, 5) is 0. The number of hydrogen-bond acceptors (Lipinski definition) is 3. The summed E-state index contributed by atoms with van der Waals surface area (Å²) >= 11 is 0. The Labute approximate surface area is 105 Å². The van der Waals surface area contributed by atoms with Crippen LogP contribution in [0.25, 0.3) is 0 Å². The summed E-state index contributed by atoms with van der Waals surface area (Å²) in [5.41, 5.74) is 13.1. The van der Waals surface area contributed by atoms with Crippen molar-refractivity contribution >= 4 is 0 Å². The zero-order valence-electron chi connectivity index (χ0n) is 11.7. The fourth-order valence-electron chi connectivity index (χ4n) is 4.21. The molecule has 1 aliphatic carbocycles. The third kappa shape index (κ3) is 2.13. The smallest absolute Gasteiger partial charge is 0.0535 e. The van der Waals surface area contributed by atoms with Gasteiger partial charge in [0.05, 0.1) is 13.2 Å². The lowest BCUT2D eigenvalue weighted by Crippen LogP contribution is -2.62. The van der Waals surface area contributed by atoms with Crippen molar-refractivity contribution in [1.29, 1.82) is 0 Å². The van der Waals surface area contributed by atoms with Gasteiger partial charge in [0.25, 0.3) is 0 Å². The van der Waals surface area contributed by atoms with Gasteiger partial charge in [-0.1, -0.05) is 27.7 Å². The van der Waals surface area contributed by atoms with Crippen molar-refractivity contribution in [2.45, 2.75) is 52.6 Å². The predicted octanol–water partition coefficient (Wildman–Crippen LogP) is 1.75. The second-order valence-electron chi connectivity index (χ2n) is 7.22. The molecule has 4 N–H and O–H groups in total. The van der Waals surface area contributed by atoms with E-state index in [2.05, 4.69) is 27.7 Å². The lowest BCUT2D eigenvalue weighted by atomic mass is 9.58. The molecule has 0 aromatic rings. The highest BCUT2D eigenvalue weighted by Gasteiger charge is 2.51. The zero-order valence-corrected chi connectivity index (χ0v) is 11.7. The van der Waals surface area contributed by atoms with Gasteiger partial charge in [0.1, 0.15) is 0 Å².